The van der Waals surface area contributed by atoms with E-state index in [1.807, 2.05) is 26.8 Å². The summed E-state index contributed by atoms with van der Waals surface area (Å²) in [6.07, 6.45) is 1.42. The van der Waals surface area contributed by atoms with Gasteiger partial charge < -0.3 is 9.47 Å². The molecule has 2 aromatic carbocycles. The number of methoxy groups -OCH3 is 1. The predicted octanol–water partition coefficient (Wildman–Crippen LogP) is 4.14. The smallest absolute Gasteiger partial charge is 0.335 e. The molecule has 0 spiro atoms. The highest BCUT2D eigenvalue weighted by Gasteiger charge is 2.37. The number of carbonyl (C=O) groups excluding carboxylic acids is 3. The van der Waals surface area contributed by atoms with E-state index in [4.69, 9.17) is 9.47 Å². The number of nitrogens with one attached hydrogen (secondary N) is 1. The van der Waals surface area contributed by atoms with Crippen molar-refractivity contribution in [3.8, 4) is 11.5 Å². The van der Waals surface area contributed by atoms with E-state index in [0.29, 0.717) is 33.8 Å². The molecule has 0 unspecified atom stereocenters. The van der Waals surface area contributed by atoms with Crippen LogP contribution in [0.25, 0.3) is 6.08 Å². The highest BCUT2D eigenvalue weighted by Crippen LogP contribution is 2.37. The van der Waals surface area contributed by atoms with E-state index in [-0.39, 0.29) is 5.57 Å². The van der Waals surface area contributed by atoms with Crippen LogP contribution in [-0.2, 0) is 9.59 Å². The van der Waals surface area contributed by atoms with Gasteiger partial charge in [-0.1, -0.05) is 6.07 Å². The molecule has 30 heavy (non-hydrogen) atoms. The van der Waals surface area contributed by atoms with Crippen LogP contribution in [-0.4, -0.2) is 31.6 Å². The first-order chi connectivity index (χ1) is 14.2. The van der Waals surface area contributed by atoms with E-state index in [1.54, 1.807) is 24.3 Å². The number of hydrogen-bond acceptors (Lipinski definition) is 5. The summed E-state index contributed by atoms with van der Waals surface area (Å²) in [5, 5.41) is 2.24. The Balaban J connectivity index is 2.06. The number of nitrogens with zero attached hydrogens (tertiary/aromatic N) is 1. The van der Waals surface area contributed by atoms with Crippen molar-refractivity contribution in [2.24, 2.45) is 0 Å². The van der Waals surface area contributed by atoms with E-state index < -0.39 is 17.8 Å². The van der Waals surface area contributed by atoms with Gasteiger partial charge in [0.15, 0.2) is 11.5 Å². The molecule has 156 valence electrons. The summed E-state index contributed by atoms with van der Waals surface area (Å²) in [5.41, 5.74) is 2.58. The molecule has 8 heteroatoms. The summed E-state index contributed by atoms with van der Waals surface area (Å²) in [4.78, 5) is 38.9. The number of benzene rings is 2. The maximum Gasteiger partial charge on any atom is 0.335 e. The lowest BCUT2D eigenvalue weighted by Gasteiger charge is -2.27. The van der Waals surface area contributed by atoms with E-state index in [2.05, 4.69) is 21.2 Å². The number of carbonyl (C=O) groups is 3. The van der Waals surface area contributed by atoms with Crippen LogP contribution < -0.4 is 19.7 Å². The zero-order valence-corrected chi connectivity index (χ0v) is 18.6. The molecule has 0 aromatic heterocycles. The van der Waals surface area contributed by atoms with Gasteiger partial charge in [0, 0.05) is 0 Å². The van der Waals surface area contributed by atoms with Gasteiger partial charge >= 0.3 is 6.03 Å². The summed E-state index contributed by atoms with van der Waals surface area (Å²) in [6, 6.07) is 7.95. The fourth-order valence-electron chi connectivity index (χ4n) is 3.27. The maximum absolute atomic E-state index is 13.1. The molecular weight excluding hydrogens is 452 g/mol. The Bertz CT molecular complexity index is 1060. The Morgan fingerprint density at radius 2 is 1.73 bits per heavy atom. The summed E-state index contributed by atoms with van der Waals surface area (Å²) in [6.45, 7) is 5.99. The van der Waals surface area contributed by atoms with Gasteiger partial charge in [0.1, 0.15) is 5.57 Å². The third-order valence-corrected chi connectivity index (χ3v) is 5.00. The molecule has 1 heterocycles. The Morgan fingerprint density at radius 3 is 2.33 bits per heavy atom. The number of barbiturate groups is 1. The zero-order valence-electron chi connectivity index (χ0n) is 17.0. The third-order valence-electron chi connectivity index (χ3n) is 4.41. The number of ether oxygens (including phenoxy) is 2. The van der Waals surface area contributed by atoms with Gasteiger partial charge in [-0.3, -0.25) is 14.9 Å². The Morgan fingerprint density at radius 1 is 1.07 bits per heavy atom. The van der Waals surface area contributed by atoms with E-state index >= 15 is 0 Å². The molecule has 3 rings (SSSR count). The van der Waals surface area contributed by atoms with Crippen molar-refractivity contribution in [3.63, 3.8) is 0 Å². The number of amides is 4. The van der Waals surface area contributed by atoms with Gasteiger partial charge in [0.25, 0.3) is 11.8 Å². The first kappa shape index (κ1) is 21.6. The number of rotatable bonds is 5. The second kappa shape index (κ2) is 8.71. The van der Waals surface area contributed by atoms with Crippen LogP contribution >= 0.6 is 15.9 Å². The van der Waals surface area contributed by atoms with Crippen LogP contribution in [0.5, 0.6) is 11.5 Å². The quantitative estimate of drug-likeness (QED) is 0.521. The fraction of sp³-hybridized carbons (Fsp3) is 0.227. The summed E-state index contributed by atoms with van der Waals surface area (Å²) in [7, 11) is 1.52. The normalized spacial score (nSPS) is 15.4. The monoisotopic (exact) mass is 472 g/mol. The largest absolute Gasteiger partial charge is 0.492 e. The van der Waals surface area contributed by atoms with Crippen LogP contribution in [0.2, 0.25) is 0 Å². The minimum absolute atomic E-state index is 0.159. The number of imide groups is 2. The molecule has 7 nitrogen and oxygen atoms in total. The van der Waals surface area contributed by atoms with Gasteiger partial charge in [-0.2, -0.15) is 0 Å². The first-order valence-corrected chi connectivity index (χ1v) is 10.0. The molecule has 0 aliphatic carbocycles. The number of hydrogen-bond donors (Lipinski definition) is 1. The Kier molecular flexibility index (Phi) is 6.26. The zero-order chi connectivity index (χ0) is 22.0. The predicted molar refractivity (Wildman–Crippen MR) is 117 cm³/mol. The minimum Gasteiger partial charge on any atom is -0.492 e. The molecule has 1 N–H and O–H groups in total. The Hall–Kier alpha value is -3.13. The van der Waals surface area contributed by atoms with E-state index in [0.717, 1.165) is 16.0 Å². The molecule has 1 saturated heterocycles. The average Bonchev–Trinajstić information content (AvgIpc) is 2.64. The van der Waals surface area contributed by atoms with Crippen LogP contribution in [0, 0.1) is 13.8 Å². The van der Waals surface area contributed by atoms with E-state index in [1.165, 1.54) is 13.2 Å². The van der Waals surface area contributed by atoms with Gasteiger partial charge in [0.05, 0.1) is 23.9 Å². The van der Waals surface area contributed by atoms with Gasteiger partial charge in [-0.05, 0) is 83.7 Å². The molecule has 4 amide bonds. The maximum atomic E-state index is 13.1. The number of halogens is 1. The van der Waals surface area contributed by atoms with Crippen LogP contribution in [0.15, 0.2) is 40.4 Å². The molecule has 0 saturated carbocycles. The highest BCUT2D eigenvalue weighted by atomic mass is 79.9. The second-order valence-electron chi connectivity index (χ2n) is 6.77. The topological polar surface area (TPSA) is 84.9 Å². The van der Waals surface area contributed by atoms with Crippen LogP contribution in [0.4, 0.5) is 10.5 Å². The standard InChI is InChI=1S/C22H21BrN2O5/c1-5-30-18-11-14(10-17(23)19(18)29-4)9-16-20(26)24-22(28)25(21(16)27)15-7-12(2)6-13(3)8-15/h6-11H,5H2,1-4H3,(H,24,26,28)/b16-9+. The molecule has 0 radical (unpaired) electrons. The van der Waals surface area contributed by atoms with E-state index in [9.17, 15) is 14.4 Å². The molecule has 1 aliphatic rings. The average molecular weight is 473 g/mol. The van der Waals surface area contributed by atoms with Crippen molar-refractivity contribution < 1.29 is 23.9 Å². The molecule has 1 aliphatic heterocycles. The van der Waals surface area contributed by atoms with Gasteiger partial charge in [-0.15, -0.1) is 0 Å². The molecule has 0 atom stereocenters. The van der Waals surface area contributed by atoms with Crippen molar-refractivity contribution in [3.05, 3.63) is 57.1 Å². The lowest BCUT2D eigenvalue weighted by atomic mass is 10.0. The highest BCUT2D eigenvalue weighted by molar-refractivity contribution is 9.10. The fourth-order valence-corrected chi connectivity index (χ4v) is 3.89. The SMILES string of the molecule is CCOc1cc(/C=C2\C(=O)NC(=O)N(c3cc(C)cc(C)c3)C2=O)cc(Br)c1OC. The molecular formula is C22H21BrN2O5. The summed E-state index contributed by atoms with van der Waals surface area (Å²) >= 11 is 3.41. The number of aryl methyl sites for hydroxylation is 2. The summed E-state index contributed by atoms with van der Waals surface area (Å²) in [5.74, 6) is -0.480. The van der Waals surface area contributed by atoms with Crippen molar-refractivity contribution in [1.82, 2.24) is 5.32 Å². The summed E-state index contributed by atoms with van der Waals surface area (Å²) < 4.78 is 11.5. The second-order valence-corrected chi connectivity index (χ2v) is 7.63. The first-order valence-electron chi connectivity index (χ1n) is 9.25. The lowest BCUT2D eigenvalue weighted by Crippen LogP contribution is -2.54. The van der Waals surface area contributed by atoms with Crippen LogP contribution in [0.1, 0.15) is 23.6 Å². The Labute approximate surface area is 182 Å². The third kappa shape index (κ3) is 4.23. The lowest BCUT2D eigenvalue weighted by molar-refractivity contribution is -0.122. The molecule has 1 fully saturated rings. The van der Waals surface area contributed by atoms with Gasteiger partial charge in [0.2, 0.25) is 0 Å². The molecule has 0 bridgehead atoms. The van der Waals surface area contributed by atoms with Crippen molar-refractivity contribution in [1.29, 1.82) is 0 Å². The number of anilines is 1. The molecule has 2 aromatic rings. The number of urea groups is 1. The van der Waals surface area contributed by atoms with Crippen molar-refractivity contribution in [2.45, 2.75) is 20.8 Å². The van der Waals surface area contributed by atoms with Crippen molar-refractivity contribution >= 4 is 45.5 Å². The van der Waals surface area contributed by atoms with Crippen molar-refractivity contribution in [2.75, 3.05) is 18.6 Å². The minimum atomic E-state index is -0.780. The van der Waals surface area contributed by atoms with Gasteiger partial charge in [-0.25, -0.2) is 9.69 Å². The van der Waals surface area contributed by atoms with Crippen LogP contribution in [0.3, 0.4) is 0 Å².